The first kappa shape index (κ1) is 110. The lowest BCUT2D eigenvalue weighted by Gasteiger charge is -2.37. The van der Waals surface area contributed by atoms with E-state index in [0.29, 0.717) is 34.9 Å². The third-order valence-corrected chi connectivity index (χ3v) is 26.5. The topological polar surface area (TPSA) is 410 Å². The molecule has 9 aromatic carbocycles. The number of thioether (sulfide) groups is 2. The number of nitrogens with zero attached hydrogens (tertiary/aromatic N) is 1. The highest BCUT2D eigenvalue weighted by Crippen LogP contribution is 2.50. The lowest BCUT2D eigenvalue weighted by Crippen LogP contribution is -2.64. The van der Waals surface area contributed by atoms with Crippen LogP contribution in [-0.4, -0.2) is 189 Å². The van der Waals surface area contributed by atoms with Gasteiger partial charge in [0, 0.05) is 42.5 Å². The molecule has 0 aliphatic rings. The van der Waals surface area contributed by atoms with Crippen molar-refractivity contribution in [3.63, 3.8) is 0 Å². The number of carboxylic acids is 1. The van der Waals surface area contributed by atoms with E-state index < -0.39 is 170 Å². The van der Waals surface area contributed by atoms with Crippen LogP contribution in [0.1, 0.15) is 186 Å². The van der Waals surface area contributed by atoms with Crippen molar-refractivity contribution in [1.29, 1.82) is 0 Å². The van der Waals surface area contributed by atoms with Crippen LogP contribution >= 0.6 is 23.5 Å². The zero-order valence-electron chi connectivity index (χ0n) is 83.0. The van der Waals surface area contributed by atoms with E-state index >= 15 is 28.8 Å². The van der Waals surface area contributed by atoms with Crippen molar-refractivity contribution in [3.05, 3.63) is 323 Å². The molecule has 30 heteroatoms. The summed E-state index contributed by atoms with van der Waals surface area (Å²) in [5.74, 6) is -8.90. The second-order valence-electron chi connectivity index (χ2n) is 39.1. The van der Waals surface area contributed by atoms with Crippen LogP contribution < -0.4 is 59.3 Å². The average Bonchev–Trinajstić information content (AvgIpc) is 1.40. The maximum atomic E-state index is 16.5. The van der Waals surface area contributed by atoms with Crippen LogP contribution in [0.15, 0.2) is 273 Å². The normalized spacial score (nSPS) is 14.3. The lowest BCUT2D eigenvalue weighted by molar-refractivity contribution is -0.145. The molecule has 0 unspecified atom stereocenters. The minimum absolute atomic E-state index is 0.000104. The summed E-state index contributed by atoms with van der Waals surface area (Å²) >= 11 is 2.68. The molecule has 1 aromatic heterocycles. The number of rotatable bonds is 48. The van der Waals surface area contributed by atoms with Gasteiger partial charge in [0.05, 0.1) is 44.5 Å². The Labute approximate surface area is 836 Å². The van der Waals surface area contributed by atoms with Crippen molar-refractivity contribution in [2.75, 3.05) is 24.6 Å². The Kier molecular flexibility index (Phi) is 40.1. The first-order valence-electron chi connectivity index (χ1n) is 48.0. The number of aromatic nitrogens is 1. The summed E-state index contributed by atoms with van der Waals surface area (Å²) in [5.41, 5.74) is 15.7. The summed E-state index contributed by atoms with van der Waals surface area (Å²) in [7, 11) is 0. The van der Waals surface area contributed by atoms with Crippen molar-refractivity contribution in [1.82, 2.24) is 52.4 Å². The fourth-order valence-electron chi connectivity index (χ4n) is 16.8. The van der Waals surface area contributed by atoms with Crippen LogP contribution in [0.5, 0.6) is 0 Å². The van der Waals surface area contributed by atoms with Crippen LogP contribution in [0, 0.1) is 0 Å². The Balaban J connectivity index is 1.08. The number of hydrogen-bond acceptors (Lipinski definition) is 19. The molecule has 141 heavy (non-hydrogen) atoms. The van der Waals surface area contributed by atoms with E-state index in [1.807, 2.05) is 212 Å². The monoisotopic (exact) mass is 1960 g/mol. The summed E-state index contributed by atoms with van der Waals surface area (Å²) in [4.78, 5) is 168. The molecule has 0 aliphatic carbocycles. The highest BCUT2D eigenvalue weighted by Gasteiger charge is 2.45. The maximum absolute atomic E-state index is 16.5. The van der Waals surface area contributed by atoms with E-state index in [-0.39, 0.29) is 63.1 Å². The molecule has 1 heterocycles. The molecule has 0 aliphatic heterocycles. The van der Waals surface area contributed by atoms with E-state index in [1.165, 1.54) is 34.3 Å². The molecule has 10 aromatic rings. The zero-order chi connectivity index (χ0) is 102. The number of ether oxygens (including phenoxy) is 4. The van der Waals surface area contributed by atoms with Gasteiger partial charge >= 0.3 is 18.2 Å². The fourth-order valence-corrected chi connectivity index (χ4v) is 19.9. The number of amides is 9. The number of carbonyl (C=O) groups is 11. The third kappa shape index (κ3) is 32.5. The molecule has 750 valence electrons. The number of aliphatic carboxylic acids is 1. The van der Waals surface area contributed by atoms with Crippen LogP contribution in [0.3, 0.4) is 0 Å². The number of para-hydroxylation sites is 1. The molecule has 9 amide bonds. The maximum Gasteiger partial charge on any atom is 0.419 e. The van der Waals surface area contributed by atoms with Crippen LogP contribution in [0.25, 0.3) is 10.9 Å². The number of unbranched alkanes of at least 4 members (excludes halogenated alkanes) is 2. The first-order valence-corrected chi connectivity index (χ1v) is 50.0. The highest BCUT2D eigenvalue weighted by molar-refractivity contribution is 8.01. The second kappa shape index (κ2) is 51.5. The van der Waals surface area contributed by atoms with Crippen LogP contribution in [0.4, 0.5) is 9.59 Å². The summed E-state index contributed by atoms with van der Waals surface area (Å²) in [6, 6.07) is 68.8. The summed E-state index contributed by atoms with van der Waals surface area (Å²) in [6.07, 6.45) is -2.10. The molecular weight excluding hydrogens is 1820 g/mol. The van der Waals surface area contributed by atoms with E-state index in [4.69, 9.17) is 30.4 Å². The van der Waals surface area contributed by atoms with Gasteiger partial charge in [-0.3, -0.25) is 42.9 Å². The van der Waals surface area contributed by atoms with Gasteiger partial charge in [0.1, 0.15) is 59.5 Å². The molecule has 0 fully saturated rings. The Morgan fingerprint density at radius 3 is 1.08 bits per heavy atom. The van der Waals surface area contributed by atoms with Gasteiger partial charge in [-0.15, -0.1) is 23.5 Å². The lowest BCUT2D eigenvalue weighted by atomic mass is 9.84. The quantitative estimate of drug-likeness (QED) is 0.0124. The molecule has 28 nitrogen and oxygen atoms in total. The van der Waals surface area contributed by atoms with Gasteiger partial charge in [0.25, 0.3) is 0 Å². The average molecular weight is 1960 g/mol. The zero-order valence-corrected chi connectivity index (χ0v) is 84.6. The number of nitrogens with two attached hydrogens (primary N) is 2. The molecule has 11 atom stereocenters. The predicted molar refractivity (Wildman–Crippen MR) is 554 cm³/mol. The van der Waals surface area contributed by atoms with Gasteiger partial charge in [0.2, 0.25) is 47.3 Å². The Bertz CT molecular complexity index is 5560. The Morgan fingerprint density at radius 1 is 0.355 bits per heavy atom. The Morgan fingerprint density at radius 2 is 0.681 bits per heavy atom. The molecule has 14 N–H and O–H groups in total. The molecule has 0 saturated heterocycles. The van der Waals surface area contributed by atoms with Crippen molar-refractivity contribution in [2.45, 2.75) is 253 Å². The van der Waals surface area contributed by atoms with Gasteiger partial charge in [0.15, 0.2) is 0 Å². The van der Waals surface area contributed by atoms with Gasteiger partial charge in [-0.2, -0.15) is 0 Å². The summed E-state index contributed by atoms with van der Waals surface area (Å²) in [5, 5.41) is 37.2. The fraction of sp³-hybridized carbons (Fsp3) is 0.396. The number of alkyl carbamates (subject to hydrolysis) is 1. The van der Waals surface area contributed by atoms with Gasteiger partial charge in [-0.05, 0) is 205 Å². The first-order chi connectivity index (χ1) is 67.0. The standard InChI is InChI=1S/C111H138N12O16S2/c1-73(136-106(3,4)5)93(101(130)116-87(103(132)133)63-41-43-65-112)122-100(129)91(72-141-111(81-55-33-20-34-56-81,82-57-35-21-36-58-82)83-59-37-22-38-60-83)120-102(131)94(74(2)137-107(6,7)8)121-96(125)86(62-42-44-66-114-104(134)138-108(9,10)11)115-98(127)89(69-77-70-123(105(135)139-109(12,13)14)92-64-40-39-61-84(77)92)118-97(126)88(68-76-47-25-16-26-48-76)117-99(128)90(119-95(124)85(113)67-75-45-23-15-24-46-75)71-140-110(78-49-27-17-28-50-78,79-51-29-18-30-52-79)80-53-31-19-32-54-80/h15-40,45-61,64,70,73-74,85-91,93-94H,41-44,62-63,65-69,71-72,112-113H2,1-14H3,(H,114,134)(H,115,127)(H,116,130)(H,117,128)(H,118,126)(H,119,124)(H,120,131)(H,121,125)(H,122,129)(H,132,133)/t73-,74-,85-,86+,87+,88+,89-,90+,91+,93+,94+/m1/s1. The number of nitrogens with one attached hydrogen (secondary N) is 9. The molecule has 10 rings (SSSR count). The van der Waals surface area contributed by atoms with Crippen molar-refractivity contribution in [2.24, 2.45) is 11.5 Å². The number of fused-ring (bicyclic) bond motifs is 1. The van der Waals surface area contributed by atoms with Crippen LogP contribution in [0.2, 0.25) is 0 Å². The smallest absolute Gasteiger partial charge is 0.419 e. The van der Waals surface area contributed by atoms with Gasteiger partial charge in [-0.1, -0.05) is 261 Å². The molecule has 0 bridgehead atoms. The second-order valence-corrected chi connectivity index (χ2v) is 41.6. The van der Waals surface area contributed by atoms with E-state index in [0.717, 1.165) is 38.9 Å². The van der Waals surface area contributed by atoms with Crippen molar-refractivity contribution >= 4 is 99.8 Å². The summed E-state index contributed by atoms with van der Waals surface area (Å²) in [6.45, 7) is 24.1. The third-order valence-electron chi connectivity index (χ3n) is 23.2. The summed E-state index contributed by atoms with van der Waals surface area (Å²) < 4.78 is 23.7. The van der Waals surface area contributed by atoms with Gasteiger partial charge < -0.3 is 83.4 Å². The van der Waals surface area contributed by atoms with Crippen LogP contribution in [-0.2, 0) is 90.9 Å². The largest absolute Gasteiger partial charge is 0.480 e. The number of hydrogen-bond donors (Lipinski definition) is 12. The Hall–Kier alpha value is -13.0. The predicted octanol–water partition coefficient (Wildman–Crippen LogP) is 14.4. The van der Waals surface area contributed by atoms with E-state index in [9.17, 15) is 29.1 Å². The minimum atomic E-state index is -1.77. The van der Waals surface area contributed by atoms with Crippen molar-refractivity contribution < 1.29 is 76.8 Å². The van der Waals surface area contributed by atoms with E-state index in [1.54, 1.807) is 152 Å². The number of benzene rings is 9. The highest BCUT2D eigenvalue weighted by atomic mass is 32.2. The minimum Gasteiger partial charge on any atom is -0.480 e. The molecule has 0 spiro atoms. The van der Waals surface area contributed by atoms with Crippen molar-refractivity contribution in [3.8, 4) is 0 Å². The molecule has 0 saturated carbocycles. The number of carbonyl (C=O) groups excluding carboxylic acids is 10. The molecule has 0 radical (unpaired) electrons. The van der Waals surface area contributed by atoms with Gasteiger partial charge in [-0.25, -0.2) is 14.4 Å². The van der Waals surface area contributed by atoms with E-state index in [2.05, 4.69) is 47.9 Å². The molecular formula is C111H138N12O16S2. The number of carboxylic acid groups (broad SMARTS) is 1. The SMILES string of the molecule is C[C@@H](OC(C)(C)C)[C@H](NC(=O)[C@H](CSC(c1ccccc1)(c1ccccc1)c1ccccc1)NC(=O)[C@@H](NC(=O)[C@H](CCCCNC(=O)OC(C)(C)C)NC(=O)[C@@H](Cc1cn(C(=O)OC(C)(C)C)c2ccccc12)NC(=O)[C@H](Cc1ccccc1)NC(=O)[C@H](CSC(c1ccccc1)(c1ccccc1)c1ccccc1)NC(=O)[C@H](N)Cc1ccccc1)[C@@H](C)OC(C)(C)C)C(=O)N[C@@H](CCCCN)C(=O)O.